The molecule has 1 saturated heterocycles. The summed E-state index contributed by atoms with van der Waals surface area (Å²) in [4.78, 5) is 13.2. The molecule has 67 heavy (non-hydrogen) atoms. The van der Waals surface area contributed by atoms with Crippen LogP contribution in [0, 0.1) is 0 Å². The van der Waals surface area contributed by atoms with E-state index >= 15 is 0 Å². The highest BCUT2D eigenvalue weighted by molar-refractivity contribution is 5.80. The van der Waals surface area contributed by atoms with E-state index in [9.17, 15) is 40.5 Å². The molecule has 0 aromatic heterocycles. The molecule has 0 spiro atoms. The Kier molecular flexibility index (Phi) is 43.4. The standard InChI is InChI=1S/C56H107NO10/c1-3-5-7-9-11-13-15-17-19-21-23-24-25-26-28-29-31-33-35-37-39-41-43-48(59)51(61)47(46-66-56-54(64)53(63)52(62)50(45-58)67-56)57-55(65)49(60)44-42-40-38-36-34-32-30-27-22-20-18-16-14-12-10-8-6-4-2/h28-29,35,37,47-54,56,58-64H,3-27,30-34,36,38-46H2,1-2H3,(H,57,65)/b29-28+,37-35+. The fourth-order valence-corrected chi connectivity index (χ4v) is 9.11. The van der Waals surface area contributed by atoms with Gasteiger partial charge in [0, 0.05) is 0 Å². The number of carbonyl (C=O) groups is 1. The summed E-state index contributed by atoms with van der Waals surface area (Å²) in [5.74, 6) is -0.707. The first-order chi connectivity index (χ1) is 32.7. The Bertz CT molecular complexity index is 1140. The molecule has 1 amide bonds. The van der Waals surface area contributed by atoms with Gasteiger partial charge in [0.25, 0.3) is 0 Å². The molecule has 0 aromatic carbocycles. The third kappa shape index (κ3) is 34.5. The van der Waals surface area contributed by atoms with Crippen LogP contribution in [0.25, 0.3) is 0 Å². The van der Waals surface area contributed by atoms with Crippen molar-refractivity contribution in [3.63, 3.8) is 0 Å². The zero-order valence-electron chi connectivity index (χ0n) is 43.1. The van der Waals surface area contributed by atoms with Crippen LogP contribution in [0.4, 0.5) is 0 Å². The number of carbonyl (C=O) groups excluding carboxylic acids is 1. The number of allylic oxidation sites excluding steroid dienone is 4. The molecule has 1 aliphatic rings. The van der Waals surface area contributed by atoms with Crippen molar-refractivity contribution in [3.8, 4) is 0 Å². The van der Waals surface area contributed by atoms with E-state index < -0.39 is 74.2 Å². The summed E-state index contributed by atoms with van der Waals surface area (Å²) >= 11 is 0. The lowest BCUT2D eigenvalue weighted by atomic mass is 9.98. The summed E-state index contributed by atoms with van der Waals surface area (Å²) in [6.45, 7) is 3.46. The molecule has 1 aliphatic heterocycles. The zero-order valence-corrected chi connectivity index (χ0v) is 43.1. The quantitative estimate of drug-likeness (QED) is 0.0215. The van der Waals surface area contributed by atoms with Gasteiger partial charge in [-0.2, -0.15) is 0 Å². The second kappa shape index (κ2) is 45.7. The molecule has 1 fully saturated rings. The Labute approximate surface area is 410 Å². The first-order valence-corrected chi connectivity index (χ1v) is 28.2. The molecule has 396 valence electrons. The van der Waals surface area contributed by atoms with Crippen molar-refractivity contribution in [2.75, 3.05) is 13.2 Å². The number of aliphatic hydroxyl groups excluding tert-OH is 7. The largest absolute Gasteiger partial charge is 0.394 e. The molecule has 0 aromatic rings. The maximum atomic E-state index is 13.2. The van der Waals surface area contributed by atoms with Crippen LogP contribution in [0.15, 0.2) is 24.3 Å². The van der Waals surface area contributed by atoms with E-state index in [-0.39, 0.29) is 12.8 Å². The Hall–Kier alpha value is -1.41. The van der Waals surface area contributed by atoms with E-state index in [0.29, 0.717) is 19.3 Å². The summed E-state index contributed by atoms with van der Waals surface area (Å²) in [5.41, 5.74) is 0. The predicted molar refractivity (Wildman–Crippen MR) is 275 cm³/mol. The van der Waals surface area contributed by atoms with Crippen molar-refractivity contribution in [2.45, 2.75) is 313 Å². The number of unbranched alkanes of at least 4 members (excludes halogenated alkanes) is 32. The van der Waals surface area contributed by atoms with Gasteiger partial charge in [-0.1, -0.05) is 231 Å². The average molecular weight is 954 g/mol. The van der Waals surface area contributed by atoms with Crippen LogP contribution in [0.2, 0.25) is 0 Å². The summed E-state index contributed by atoms with van der Waals surface area (Å²) < 4.78 is 11.1. The third-order valence-corrected chi connectivity index (χ3v) is 13.7. The highest BCUT2D eigenvalue weighted by Crippen LogP contribution is 2.23. The SMILES string of the molecule is CCCCCCCCCCCCCCC/C=C/CC/C=C/CCCC(O)C(O)C(COC1OC(CO)C(O)C(O)C1O)NC(=O)C(O)CCCCCCCCCCCCCCCCCCCC. The second-order valence-electron chi connectivity index (χ2n) is 20.0. The minimum absolute atomic E-state index is 0.249. The highest BCUT2D eigenvalue weighted by Gasteiger charge is 2.44. The third-order valence-electron chi connectivity index (χ3n) is 13.7. The molecule has 0 bridgehead atoms. The Balaban J connectivity index is 2.36. The molecule has 1 rings (SSSR count). The topological polar surface area (TPSA) is 189 Å². The molecule has 9 unspecified atom stereocenters. The Morgan fingerprint density at radius 1 is 0.507 bits per heavy atom. The van der Waals surface area contributed by atoms with Crippen molar-refractivity contribution >= 4 is 5.91 Å². The van der Waals surface area contributed by atoms with Gasteiger partial charge in [-0.05, 0) is 51.4 Å². The van der Waals surface area contributed by atoms with Crippen molar-refractivity contribution in [2.24, 2.45) is 0 Å². The van der Waals surface area contributed by atoms with Gasteiger partial charge in [0.2, 0.25) is 5.91 Å². The molecule has 9 atom stereocenters. The van der Waals surface area contributed by atoms with Crippen LogP contribution in [-0.2, 0) is 14.3 Å². The van der Waals surface area contributed by atoms with Gasteiger partial charge in [-0.25, -0.2) is 0 Å². The van der Waals surface area contributed by atoms with Crippen molar-refractivity contribution in [1.82, 2.24) is 5.32 Å². The van der Waals surface area contributed by atoms with Crippen molar-refractivity contribution in [1.29, 1.82) is 0 Å². The monoisotopic (exact) mass is 954 g/mol. The molecule has 1 heterocycles. The first-order valence-electron chi connectivity index (χ1n) is 28.2. The lowest BCUT2D eigenvalue weighted by Crippen LogP contribution is -2.60. The summed E-state index contributed by atoms with van der Waals surface area (Å²) in [5, 5.41) is 76.0. The van der Waals surface area contributed by atoms with E-state index in [0.717, 1.165) is 38.5 Å². The lowest BCUT2D eigenvalue weighted by molar-refractivity contribution is -0.303. The number of hydrogen-bond donors (Lipinski definition) is 8. The summed E-state index contributed by atoms with van der Waals surface area (Å²) in [6.07, 6.45) is 42.3. The van der Waals surface area contributed by atoms with Crippen LogP contribution >= 0.6 is 0 Å². The fraction of sp³-hybridized carbons (Fsp3) is 0.911. The maximum absolute atomic E-state index is 13.2. The minimum atomic E-state index is -1.67. The first kappa shape index (κ1) is 63.6. The lowest BCUT2D eigenvalue weighted by Gasteiger charge is -2.40. The van der Waals surface area contributed by atoms with Gasteiger partial charge in [0.1, 0.15) is 36.6 Å². The molecule has 8 N–H and O–H groups in total. The fourth-order valence-electron chi connectivity index (χ4n) is 9.11. The van der Waals surface area contributed by atoms with Crippen LogP contribution in [0.3, 0.4) is 0 Å². The number of nitrogens with one attached hydrogen (secondary N) is 1. The number of hydrogen-bond acceptors (Lipinski definition) is 10. The van der Waals surface area contributed by atoms with Gasteiger partial charge >= 0.3 is 0 Å². The smallest absolute Gasteiger partial charge is 0.249 e. The molecule has 0 radical (unpaired) electrons. The Morgan fingerprint density at radius 3 is 1.33 bits per heavy atom. The number of rotatable bonds is 48. The van der Waals surface area contributed by atoms with Gasteiger partial charge in [0.15, 0.2) is 6.29 Å². The van der Waals surface area contributed by atoms with E-state index in [1.54, 1.807) is 0 Å². The van der Waals surface area contributed by atoms with Gasteiger partial charge in [0.05, 0.1) is 25.4 Å². The molecule has 11 nitrogen and oxygen atoms in total. The molecular weight excluding hydrogens is 847 g/mol. The molecule has 11 heteroatoms. The van der Waals surface area contributed by atoms with Crippen LogP contribution < -0.4 is 5.32 Å². The molecular formula is C56H107NO10. The minimum Gasteiger partial charge on any atom is -0.394 e. The van der Waals surface area contributed by atoms with E-state index in [1.165, 1.54) is 173 Å². The van der Waals surface area contributed by atoms with Crippen LogP contribution in [0.1, 0.15) is 258 Å². The highest BCUT2D eigenvalue weighted by atomic mass is 16.7. The maximum Gasteiger partial charge on any atom is 0.249 e. The summed E-state index contributed by atoms with van der Waals surface area (Å²) in [6, 6.07) is -1.19. The van der Waals surface area contributed by atoms with Crippen LogP contribution in [-0.4, -0.2) is 110 Å². The summed E-state index contributed by atoms with van der Waals surface area (Å²) in [7, 11) is 0. The van der Waals surface area contributed by atoms with E-state index in [2.05, 4.69) is 43.5 Å². The Morgan fingerprint density at radius 2 is 0.896 bits per heavy atom. The van der Waals surface area contributed by atoms with Crippen molar-refractivity contribution < 1.29 is 50.0 Å². The van der Waals surface area contributed by atoms with Gasteiger partial charge in [-0.15, -0.1) is 0 Å². The molecule has 0 saturated carbocycles. The predicted octanol–water partition coefficient (Wildman–Crippen LogP) is 11.3. The number of aliphatic hydroxyl groups is 7. The zero-order chi connectivity index (χ0) is 49.0. The number of ether oxygens (including phenoxy) is 2. The molecule has 0 aliphatic carbocycles. The number of amides is 1. The van der Waals surface area contributed by atoms with Crippen molar-refractivity contribution in [3.05, 3.63) is 24.3 Å². The van der Waals surface area contributed by atoms with E-state index in [4.69, 9.17) is 9.47 Å². The van der Waals surface area contributed by atoms with E-state index in [1.807, 2.05) is 0 Å². The average Bonchev–Trinajstić information content (AvgIpc) is 3.33. The normalized spacial score (nSPS) is 20.8. The van der Waals surface area contributed by atoms with Gasteiger partial charge < -0.3 is 50.5 Å². The van der Waals surface area contributed by atoms with Gasteiger partial charge in [-0.3, -0.25) is 4.79 Å². The second-order valence-corrected chi connectivity index (χ2v) is 20.0. The van der Waals surface area contributed by atoms with Crippen LogP contribution in [0.5, 0.6) is 0 Å².